The Bertz CT molecular complexity index is 1630. The van der Waals surface area contributed by atoms with Gasteiger partial charge >= 0.3 is 0 Å². The van der Waals surface area contributed by atoms with Crippen LogP contribution in [0.4, 0.5) is 4.39 Å². The molecule has 2 heterocycles. The summed E-state index contributed by atoms with van der Waals surface area (Å²) in [6.07, 6.45) is 1.69. The van der Waals surface area contributed by atoms with Gasteiger partial charge in [-0.1, -0.05) is 18.2 Å². The van der Waals surface area contributed by atoms with Gasteiger partial charge in [0.05, 0.1) is 26.3 Å². The summed E-state index contributed by atoms with van der Waals surface area (Å²) >= 11 is 1.55. The minimum absolute atomic E-state index is 0.0332. The van der Waals surface area contributed by atoms with E-state index in [1.807, 2.05) is 24.3 Å². The van der Waals surface area contributed by atoms with Gasteiger partial charge < -0.3 is 0 Å². The zero-order valence-corrected chi connectivity index (χ0v) is 19.1. The van der Waals surface area contributed by atoms with Gasteiger partial charge in [-0.05, 0) is 72.1 Å². The fraction of sp³-hybridized carbons (Fsp3) is 0.0400. The van der Waals surface area contributed by atoms with Gasteiger partial charge in [-0.3, -0.25) is 4.98 Å². The molecule has 0 saturated heterocycles. The summed E-state index contributed by atoms with van der Waals surface area (Å²) in [5.74, 6) is -0.275. The van der Waals surface area contributed by atoms with E-state index in [1.54, 1.807) is 48.2 Å². The van der Waals surface area contributed by atoms with Gasteiger partial charge in [0.2, 0.25) is 10.0 Å². The van der Waals surface area contributed by atoms with Crippen LogP contribution < -0.4 is 5.14 Å². The van der Waals surface area contributed by atoms with Crippen molar-refractivity contribution in [2.45, 2.75) is 11.8 Å². The molecule has 0 radical (unpaired) electrons. The van der Waals surface area contributed by atoms with Crippen LogP contribution in [0.15, 0.2) is 83.3 Å². The predicted molar refractivity (Wildman–Crippen MR) is 130 cm³/mol. The molecule has 0 bridgehead atoms. The highest BCUT2D eigenvalue weighted by Gasteiger charge is 2.15. The summed E-state index contributed by atoms with van der Waals surface area (Å²) in [6, 6.07) is 19.3. The first-order chi connectivity index (χ1) is 15.8. The average molecular weight is 476 g/mol. The number of aryl methyl sites for hydroxylation is 1. The van der Waals surface area contributed by atoms with Gasteiger partial charge in [0.1, 0.15) is 5.82 Å². The number of pyridine rings is 1. The smallest absolute Gasteiger partial charge is 0.238 e. The molecule has 0 unspecified atom stereocenters. The highest BCUT2D eigenvalue weighted by atomic mass is 32.2. The highest BCUT2D eigenvalue weighted by molar-refractivity contribution is 7.89. The molecule has 0 atom stereocenters. The summed E-state index contributed by atoms with van der Waals surface area (Å²) in [5, 5.41) is 5.31. The van der Waals surface area contributed by atoms with Crippen molar-refractivity contribution >= 4 is 31.6 Å². The second-order valence-electron chi connectivity index (χ2n) is 7.69. The Kier molecular flexibility index (Phi) is 5.28. The normalized spacial score (nSPS) is 11.7. The molecular formula is C25H18FN3O2S2. The summed E-state index contributed by atoms with van der Waals surface area (Å²) in [7, 11) is -3.84. The minimum Gasteiger partial charge on any atom is -0.255 e. The van der Waals surface area contributed by atoms with E-state index >= 15 is 0 Å². The van der Waals surface area contributed by atoms with Gasteiger partial charge in [0.25, 0.3) is 0 Å². The molecule has 2 aromatic heterocycles. The molecule has 33 heavy (non-hydrogen) atoms. The standard InChI is InChI=1S/C25H18FN3O2S2/c1-15-9-18(5-7-22(15)26)25-21(17-6-8-23-24(12-17)32-14-29-23)11-19(13-28-25)16-3-2-4-20(10-16)33(27,30)31/h2-14H,1H3,(H2,27,30,31). The maximum Gasteiger partial charge on any atom is 0.238 e. The monoisotopic (exact) mass is 475 g/mol. The van der Waals surface area contributed by atoms with E-state index in [0.717, 1.165) is 32.5 Å². The number of fused-ring (bicyclic) bond motifs is 1. The van der Waals surface area contributed by atoms with Crippen molar-refractivity contribution in [3.05, 3.63) is 89.8 Å². The number of hydrogen-bond donors (Lipinski definition) is 1. The van der Waals surface area contributed by atoms with E-state index in [0.29, 0.717) is 16.8 Å². The number of nitrogens with zero attached hydrogens (tertiary/aromatic N) is 2. The van der Waals surface area contributed by atoms with Crippen LogP contribution in [0.25, 0.3) is 43.7 Å². The Hall–Kier alpha value is -3.46. The van der Waals surface area contributed by atoms with E-state index in [2.05, 4.69) is 11.1 Å². The molecule has 3 aromatic carbocycles. The molecule has 2 N–H and O–H groups in total. The number of nitrogens with two attached hydrogens (primary N) is 1. The molecule has 0 aliphatic rings. The molecule has 5 nitrogen and oxygen atoms in total. The molecule has 5 aromatic rings. The molecule has 0 saturated carbocycles. The van der Waals surface area contributed by atoms with E-state index in [4.69, 9.17) is 10.1 Å². The van der Waals surface area contributed by atoms with Crippen LogP contribution in [0.3, 0.4) is 0 Å². The predicted octanol–water partition coefficient (Wildman–Crippen LogP) is 5.79. The van der Waals surface area contributed by atoms with Gasteiger partial charge in [-0.15, -0.1) is 11.3 Å². The number of aromatic nitrogens is 2. The highest BCUT2D eigenvalue weighted by Crippen LogP contribution is 2.36. The zero-order chi connectivity index (χ0) is 23.2. The van der Waals surface area contributed by atoms with Crippen LogP contribution in [0.5, 0.6) is 0 Å². The molecule has 8 heteroatoms. The number of hydrogen-bond acceptors (Lipinski definition) is 5. The van der Waals surface area contributed by atoms with Crippen LogP contribution in [0.1, 0.15) is 5.56 Å². The largest absolute Gasteiger partial charge is 0.255 e. The Morgan fingerprint density at radius 2 is 1.70 bits per heavy atom. The number of halogens is 1. The van der Waals surface area contributed by atoms with Crippen molar-refractivity contribution < 1.29 is 12.8 Å². The Morgan fingerprint density at radius 1 is 0.879 bits per heavy atom. The molecule has 0 fully saturated rings. The van der Waals surface area contributed by atoms with Crippen molar-refractivity contribution in [2.75, 3.05) is 0 Å². The number of primary sulfonamides is 1. The summed E-state index contributed by atoms with van der Waals surface area (Å²) in [5.41, 5.74) is 7.92. The summed E-state index contributed by atoms with van der Waals surface area (Å²) in [6.45, 7) is 1.72. The van der Waals surface area contributed by atoms with Crippen LogP contribution in [-0.4, -0.2) is 18.4 Å². The van der Waals surface area contributed by atoms with Gasteiger partial charge in [-0.2, -0.15) is 0 Å². The third-order valence-corrected chi connectivity index (χ3v) is 7.16. The fourth-order valence-corrected chi connectivity index (χ4v) is 5.02. The Labute approximate surface area is 194 Å². The molecule has 0 aliphatic carbocycles. The molecule has 0 amide bonds. The van der Waals surface area contributed by atoms with Crippen LogP contribution in [-0.2, 0) is 10.0 Å². The van der Waals surface area contributed by atoms with Crippen molar-refractivity contribution in [1.82, 2.24) is 9.97 Å². The summed E-state index contributed by atoms with van der Waals surface area (Å²) in [4.78, 5) is 9.10. The van der Waals surface area contributed by atoms with Crippen molar-refractivity contribution in [3.63, 3.8) is 0 Å². The van der Waals surface area contributed by atoms with Gasteiger partial charge in [0, 0.05) is 22.9 Å². The maximum atomic E-state index is 13.9. The second-order valence-corrected chi connectivity index (χ2v) is 10.1. The van der Waals surface area contributed by atoms with Crippen LogP contribution >= 0.6 is 11.3 Å². The molecule has 0 spiro atoms. The van der Waals surface area contributed by atoms with Crippen molar-refractivity contribution in [2.24, 2.45) is 5.14 Å². The van der Waals surface area contributed by atoms with Crippen LogP contribution in [0, 0.1) is 12.7 Å². The van der Waals surface area contributed by atoms with Crippen LogP contribution in [0.2, 0.25) is 0 Å². The Morgan fingerprint density at radius 3 is 2.48 bits per heavy atom. The third-order valence-electron chi connectivity index (χ3n) is 5.46. The molecule has 5 rings (SSSR count). The lowest BCUT2D eigenvalue weighted by molar-refractivity contribution is 0.598. The Balaban J connectivity index is 1.73. The van der Waals surface area contributed by atoms with Crippen molar-refractivity contribution in [1.29, 1.82) is 0 Å². The molecule has 164 valence electrons. The van der Waals surface area contributed by atoms with Crippen molar-refractivity contribution in [3.8, 4) is 33.5 Å². The SMILES string of the molecule is Cc1cc(-c2ncc(-c3cccc(S(N)(=O)=O)c3)cc2-c2ccc3ncsc3c2)ccc1F. The number of rotatable bonds is 4. The second kappa shape index (κ2) is 8.15. The average Bonchev–Trinajstić information content (AvgIpc) is 3.28. The fourth-order valence-electron chi connectivity index (χ4n) is 3.74. The first kappa shape index (κ1) is 21.4. The van der Waals surface area contributed by atoms with E-state index in [-0.39, 0.29) is 10.7 Å². The quantitative estimate of drug-likeness (QED) is 0.357. The minimum atomic E-state index is -3.84. The van der Waals surface area contributed by atoms with E-state index < -0.39 is 10.0 Å². The third kappa shape index (κ3) is 4.16. The molecular weight excluding hydrogens is 457 g/mol. The first-order valence-electron chi connectivity index (χ1n) is 10.0. The van der Waals surface area contributed by atoms with E-state index in [1.165, 1.54) is 18.2 Å². The lowest BCUT2D eigenvalue weighted by atomic mass is 9.95. The topological polar surface area (TPSA) is 85.9 Å². The lowest BCUT2D eigenvalue weighted by Gasteiger charge is -2.13. The zero-order valence-electron chi connectivity index (χ0n) is 17.5. The molecule has 0 aliphatic heterocycles. The maximum absolute atomic E-state index is 13.9. The van der Waals surface area contributed by atoms with Gasteiger partial charge in [0.15, 0.2) is 0 Å². The number of thiazole rings is 1. The van der Waals surface area contributed by atoms with E-state index in [9.17, 15) is 12.8 Å². The number of sulfonamides is 1. The number of benzene rings is 3. The lowest BCUT2D eigenvalue weighted by Crippen LogP contribution is -2.11. The van der Waals surface area contributed by atoms with Gasteiger partial charge in [-0.25, -0.2) is 22.9 Å². The first-order valence-corrected chi connectivity index (χ1v) is 12.5. The summed E-state index contributed by atoms with van der Waals surface area (Å²) < 4.78 is 38.6.